The molecule has 0 aliphatic carbocycles. The summed E-state index contributed by atoms with van der Waals surface area (Å²) in [6.45, 7) is 6.19. The van der Waals surface area contributed by atoms with E-state index in [1.54, 1.807) is 17.0 Å². The molecule has 0 bridgehead atoms. The Bertz CT molecular complexity index is 616. The molecule has 0 atom stereocenters. The number of hydrogen-bond acceptors (Lipinski definition) is 2. The van der Waals surface area contributed by atoms with E-state index in [9.17, 15) is 4.79 Å². The monoisotopic (exact) mass is 278 g/mol. The largest absolute Gasteiger partial charge is 0.295 e. The fraction of sp³-hybridized carbons (Fsp3) is 0.167. The molecule has 2 aromatic rings. The van der Waals surface area contributed by atoms with Crippen molar-refractivity contribution in [2.45, 2.75) is 13.5 Å². The first kappa shape index (κ1) is 11.1. The molecule has 0 saturated carbocycles. The molecular weight excluding hydrogens is 268 g/mol. The molecule has 0 unspecified atom stereocenters. The SMILES string of the molecule is C=C(C)Cn1cnc2ccc(Br)cc2c1=O. The highest BCUT2D eigenvalue weighted by Gasteiger charge is 2.04. The fourth-order valence-electron chi connectivity index (χ4n) is 1.53. The van der Waals surface area contributed by atoms with Crippen LogP contribution in [0.25, 0.3) is 10.9 Å². The second-order valence-electron chi connectivity index (χ2n) is 3.80. The van der Waals surface area contributed by atoms with Crippen molar-refractivity contribution in [3.8, 4) is 0 Å². The Morgan fingerprint density at radius 1 is 1.56 bits per heavy atom. The van der Waals surface area contributed by atoms with Gasteiger partial charge in [-0.25, -0.2) is 4.98 Å². The highest BCUT2D eigenvalue weighted by Crippen LogP contribution is 2.14. The van der Waals surface area contributed by atoms with E-state index < -0.39 is 0 Å². The van der Waals surface area contributed by atoms with Crippen molar-refractivity contribution in [1.29, 1.82) is 0 Å². The van der Waals surface area contributed by atoms with Crippen molar-refractivity contribution in [1.82, 2.24) is 9.55 Å². The summed E-state index contributed by atoms with van der Waals surface area (Å²) in [6, 6.07) is 5.49. The van der Waals surface area contributed by atoms with Crippen molar-refractivity contribution >= 4 is 26.8 Å². The maximum Gasteiger partial charge on any atom is 0.261 e. The van der Waals surface area contributed by atoms with Gasteiger partial charge in [-0.15, -0.1) is 0 Å². The summed E-state index contributed by atoms with van der Waals surface area (Å²) in [6.07, 6.45) is 1.56. The fourth-order valence-corrected chi connectivity index (χ4v) is 1.90. The Hall–Kier alpha value is -1.42. The number of fused-ring (bicyclic) bond motifs is 1. The van der Waals surface area contributed by atoms with E-state index in [2.05, 4.69) is 27.5 Å². The Kier molecular flexibility index (Phi) is 2.92. The lowest BCUT2D eigenvalue weighted by Gasteiger charge is -2.05. The molecule has 0 fully saturated rings. The van der Waals surface area contributed by atoms with Gasteiger partial charge in [0.2, 0.25) is 0 Å². The molecule has 0 saturated heterocycles. The van der Waals surface area contributed by atoms with Crippen molar-refractivity contribution in [2.75, 3.05) is 0 Å². The Balaban J connectivity index is 2.68. The average molecular weight is 279 g/mol. The van der Waals surface area contributed by atoms with Gasteiger partial charge in [0.1, 0.15) is 0 Å². The number of benzene rings is 1. The molecule has 0 spiro atoms. The predicted molar refractivity (Wildman–Crippen MR) is 68.5 cm³/mol. The standard InChI is InChI=1S/C12H11BrN2O/c1-8(2)6-15-7-14-11-4-3-9(13)5-10(11)12(15)16/h3-5,7H,1,6H2,2H3. The van der Waals surface area contributed by atoms with Crippen LogP contribution in [-0.2, 0) is 6.54 Å². The number of nitrogens with zero attached hydrogens (tertiary/aromatic N) is 2. The summed E-state index contributed by atoms with van der Waals surface area (Å²) >= 11 is 3.35. The molecule has 0 aliphatic heterocycles. The Morgan fingerprint density at radius 3 is 3.00 bits per heavy atom. The molecule has 4 heteroatoms. The van der Waals surface area contributed by atoms with E-state index in [0.29, 0.717) is 17.4 Å². The molecule has 2 rings (SSSR count). The molecule has 82 valence electrons. The summed E-state index contributed by atoms with van der Waals surface area (Å²) < 4.78 is 2.45. The number of hydrogen-bond donors (Lipinski definition) is 0. The van der Waals surface area contributed by atoms with Crippen LogP contribution in [0.4, 0.5) is 0 Å². The van der Waals surface area contributed by atoms with Crippen LogP contribution < -0.4 is 5.56 Å². The second kappa shape index (κ2) is 4.22. The van der Waals surface area contributed by atoms with Gasteiger partial charge in [0.05, 0.1) is 17.2 Å². The number of halogens is 1. The number of rotatable bonds is 2. The summed E-state index contributed by atoms with van der Waals surface area (Å²) in [5, 5.41) is 0.623. The number of allylic oxidation sites excluding steroid dienone is 1. The van der Waals surface area contributed by atoms with Crippen LogP contribution in [0.5, 0.6) is 0 Å². The molecule has 1 aromatic heterocycles. The molecule has 3 nitrogen and oxygen atoms in total. The van der Waals surface area contributed by atoms with Gasteiger partial charge >= 0.3 is 0 Å². The van der Waals surface area contributed by atoms with Crippen LogP contribution in [0, 0.1) is 0 Å². The smallest absolute Gasteiger partial charge is 0.261 e. The van der Waals surface area contributed by atoms with Crippen molar-refractivity contribution in [2.24, 2.45) is 0 Å². The zero-order chi connectivity index (χ0) is 11.7. The van der Waals surface area contributed by atoms with Crippen LogP contribution >= 0.6 is 15.9 Å². The molecule has 0 aliphatic rings. The highest BCUT2D eigenvalue weighted by atomic mass is 79.9. The Morgan fingerprint density at radius 2 is 2.31 bits per heavy atom. The summed E-state index contributed by atoms with van der Waals surface area (Å²) in [7, 11) is 0. The molecule has 0 N–H and O–H groups in total. The van der Waals surface area contributed by atoms with Crippen molar-refractivity contribution < 1.29 is 0 Å². The van der Waals surface area contributed by atoms with Crippen LogP contribution in [-0.4, -0.2) is 9.55 Å². The third-order valence-corrected chi connectivity index (χ3v) is 2.72. The van der Waals surface area contributed by atoms with E-state index in [1.165, 1.54) is 0 Å². The topological polar surface area (TPSA) is 34.9 Å². The maximum absolute atomic E-state index is 12.1. The van der Waals surface area contributed by atoms with Crippen LogP contribution in [0.15, 0.2) is 45.9 Å². The zero-order valence-corrected chi connectivity index (χ0v) is 10.5. The van der Waals surface area contributed by atoms with E-state index >= 15 is 0 Å². The van der Waals surface area contributed by atoms with Gasteiger partial charge in [-0.2, -0.15) is 0 Å². The van der Waals surface area contributed by atoms with Gasteiger partial charge in [0, 0.05) is 11.0 Å². The average Bonchev–Trinajstić information content (AvgIpc) is 2.22. The molecular formula is C12H11BrN2O. The summed E-state index contributed by atoms with van der Waals surface area (Å²) in [4.78, 5) is 16.3. The van der Waals surface area contributed by atoms with E-state index in [0.717, 1.165) is 10.0 Å². The molecule has 16 heavy (non-hydrogen) atoms. The van der Waals surface area contributed by atoms with Crippen molar-refractivity contribution in [3.63, 3.8) is 0 Å². The van der Waals surface area contributed by atoms with Gasteiger partial charge < -0.3 is 0 Å². The van der Waals surface area contributed by atoms with Gasteiger partial charge in [-0.3, -0.25) is 9.36 Å². The van der Waals surface area contributed by atoms with Gasteiger partial charge in [0.25, 0.3) is 5.56 Å². The van der Waals surface area contributed by atoms with E-state index in [1.807, 2.05) is 19.1 Å². The minimum atomic E-state index is -0.0331. The van der Waals surface area contributed by atoms with Crippen LogP contribution in [0.1, 0.15) is 6.92 Å². The first-order valence-corrected chi connectivity index (χ1v) is 5.66. The Labute approximate surface area is 102 Å². The molecule has 1 heterocycles. The molecule has 1 aromatic carbocycles. The molecule has 0 radical (unpaired) electrons. The first-order chi connectivity index (χ1) is 7.58. The first-order valence-electron chi connectivity index (χ1n) is 4.87. The van der Waals surface area contributed by atoms with Crippen LogP contribution in [0.2, 0.25) is 0 Å². The minimum absolute atomic E-state index is 0.0331. The minimum Gasteiger partial charge on any atom is -0.295 e. The lowest BCUT2D eigenvalue weighted by atomic mass is 10.2. The van der Waals surface area contributed by atoms with Crippen LogP contribution in [0.3, 0.4) is 0 Å². The third-order valence-electron chi connectivity index (χ3n) is 2.23. The van der Waals surface area contributed by atoms with Crippen molar-refractivity contribution in [3.05, 3.63) is 51.5 Å². The third kappa shape index (κ3) is 2.07. The number of aromatic nitrogens is 2. The van der Waals surface area contributed by atoms with E-state index in [-0.39, 0.29) is 5.56 Å². The van der Waals surface area contributed by atoms with Gasteiger partial charge in [0.15, 0.2) is 0 Å². The lowest BCUT2D eigenvalue weighted by molar-refractivity contribution is 0.738. The summed E-state index contributed by atoms with van der Waals surface area (Å²) in [5.74, 6) is 0. The van der Waals surface area contributed by atoms with Gasteiger partial charge in [-0.1, -0.05) is 28.1 Å². The predicted octanol–water partition coefficient (Wildman–Crippen LogP) is 2.74. The summed E-state index contributed by atoms with van der Waals surface area (Å²) in [5.41, 5.74) is 1.61. The maximum atomic E-state index is 12.1. The highest BCUT2D eigenvalue weighted by molar-refractivity contribution is 9.10. The van der Waals surface area contributed by atoms with E-state index in [4.69, 9.17) is 0 Å². The van der Waals surface area contributed by atoms with Gasteiger partial charge in [-0.05, 0) is 25.1 Å². The zero-order valence-electron chi connectivity index (χ0n) is 8.90. The lowest BCUT2D eigenvalue weighted by Crippen LogP contribution is -2.20. The quantitative estimate of drug-likeness (QED) is 0.792. The molecule has 0 amide bonds. The second-order valence-corrected chi connectivity index (χ2v) is 4.71. The normalized spacial score (nSPS) is 10.6.